The van der Waals surface area contributed by atoms with Crippen molar-refractivity contribution in [2.45, 2.75) is 25.8 Å². The summed E-state index contributed by atoms with van der Waals surface area (Å²) < 4.78 is 0. The highest BCUT2D eigenvalue weighted by Crippen LogP contribution is 2.25. The zero-order chi connectivity index (χ0) is 13.7. The van der Waals surface area contributed by atoms with Gasteiger partial charge in [-0.25, -0.2) is 0 Å². The van der Waals surface area contributed by atoms with Crippen LogP contribution in [0.1, 0.15) is 30.1 Å². The monoisotopic (exact) mass is 279 g/mol. The van der Waals surface area contributed by atoms with Gasteiger partial charge >= 0.3 is 0 Å². The maximum absolute atomic E-state index is 11.7. The van der Waals surface area contributed by atoms with E-state index in [-0.39, 0.29) is 5.91 Å². The minimum absolute atomic E-state index is 0.0742. The van der Waals surface area contributed by atoms with Crippen LogP contribution >= 0.6 is 11.8 Å². The molecule has 0 spiro atoms. The van der Waals surface area contributed by atoms with Crippen LogP contribution in [0.25, 0.3) is 0 Å². The van der Waals surface area contributed by atoms with E-state index in [9.17, 15) is 4.79 Å². The Morgan fingerprint density at radius 2 is 2.16 bits per heavy atom. The lowest BCUT2D eigenvalue weighted by Gasteiger charge is -2.24. The number of nitrogens with two attached hydrogens (primary N) is 1. The molecule has 5 heteroatoms. The number of rotatable bonds is 4. The van der Waals surface area contributed by atoms with Gasteiger partial charge < -0.3 is 16.4 Å². The third-order valence-electron chi connectivity index (χ3n) is 3.23. The standard InChI is InChI=1S/C14H21N3OS/c1-2-16-14(18)10-3-4-13(12(15)9-10)17-11-5-7-19-8-6-11/h3-4,9,11,17H,2,5-8,15H2,1H3,(H,16,18). The van der Waals surface area contributed by atoms with Crippen molar-refractivity contribution in [3.63, 3.8) is 0 Å². The Kier molecular flexibility index (Phi) is 4.96. The molecule has 2 rings (SSSR count). The van der Waals surface area contributed by atoms with Gasteiger partial charge in [-0.2, -0.15) is 11.8 Å². The highest BCUT2D eigenvalue weighted by molar-refractivity contribution is 7.99. The Morgan fingerprint density at radius 1 is 1.42 bits per heavy atom. The number of benzene rings is 1. The lowest BCUT2D eigenvalue weighted by Crippen LogP contribution is -2.25. The number of nitrogen functional groups attached to an aromatic ring is 1. The summed E-state index contributed by atoms with van der Waals surface area (Å²) in [7, 11) is 0. The Labute approximate surface area is 118 Å². The van der Waals surface area contributed by atoms with Crippen molar-refractivity contribution < 1.29 is 4.79 Å². The van der Waals surface area contributed by atoms with E-state index in [4.69, 9.17) is 5.73 Å². The van der Waals surface area contributed by atoms with E-state index in [0.717, 1.165) is 5.69 Å². The molecular formula is C14H21N3OS. The normalized spacial score (nSPS) is 16.1. The van der Waals surface area contributed by atoms with Crippen molar-refractivity contribution in [3.05, 3.63) is 23.8 Å². The molecule has 104 valence electrons. The summed E-state index contributed by atoms with van der Waals surface area (Å²) in [5.41, 5.74) is 8.22. The molecule has 1 heterocycles. The molecule has 1 aliphatic heterocycles. The summed E-state index contributed by atoms with van der Waals surface area (Å²) in [6.07, 6.45) is 2.34. The average Bonchev–Trinajstić information content (AvgIpc) is 2.42. The van der Waals surface area contributed by atoms with Crippen molar-refractivity contribution in [1.29, 1.82) is 0 Å². The Morgan fingerprint density at radius 3 is 2.79 bits per heavy atom. The van der Waals surface area contributed by atoms with Gasteiger partial charge in [0.25, 0.3) is 5.91 Å². The van der Waals surface area contributed by atoms with Crippen molar-refractivity contribution in [2.24, 2.45) is 0 Å². The molecule has 1 amide bonds. The summed E-state index contributed by atoms with van der Waals surface area (Å²) in [5.74, 6) is 2.33. The van der Waals surface area contributed by atoms with Gasteiger partial charge in [0, 0.05) is 18.2 Å². The highest BCUT2D eigenvalue weighted by atomic mass is 32.2. The van der Waals surface area contributed by atoms with Gasteiger partial charge in [0.15, 0.2) is 0 Å². The zero-order valence-electron chi connectivity index (χ0n) is 11.2. The molecule has 1 aromatic carbocycles. The molecule has 4 N–H and O–H groups in total. The van der Waals surface area contributed by atoms with E-state index >= 15 is 0 Å². The predicted molar refractivity (Wildman–Crippen MR) is 82.8 cm³/mol. The molecule has 0 unspecified atom stereocenters. The lowest BCUT2D eigenvalue weighted by atomic mass is 10.1. The number of thioether (sulfide) groups is 1. The smallest absolute Gasteiger partial charge is 0.251 e. The first-order chi connectivity index (χ1) is 9.20. The largest absolute Gasteiger partial charge is 0.397 e. The minimum atomic E-state index is -0.0742. The van der Waals surface area contributed by atoms with Crippen molar-refractivity contribution in [1.82, 2.24) is 5.32 Å². The first-order valence-electron chi connectivity index (χ1n) is 6.72. The number of carbonyl (C=O) groups is 1. The third kappa shape index (κ3) is 3.80. The fourth-order valence-electron chi connectivity index (χ4n) is 2.16. The third-order valence-corrected chi connectivity index (χ3v) is 4.28. The molecule has 1 fully saturated rings. The molecule has 4 nitrogen and oxygen atoms in total. The van der Waals surface area contributed by atoms with Crippen LogP contribution in [0.15, 0.2) is 18.2 Å². The van der Waals surface area contributed by atoms with Crippen LogP contribution in [0.3, 0.4) is 0 Å². The molecule has 0 saturated carbocycles. The molecule has 0 aliphatic carbocycles. The van der Waals surface area contributed by atoms with Crippen molar-refractivity contribution >= 4 is 29.0 Å². The molecule has 1 aromatic rings. The molecule has 0 radical (unpaired) electrons. The number of carbonyl (C=O) groups excluding carboxylic acids is 1. The molecule has 1 saturated heterocycles. The molecule has 0 atom stereocenters. The number of nitrogens with one attached hydrogen (secondary N) is 2. The second-order valence-electron chi connectivity index (χ2n) is 4.69. The van der Waals surface area contributed by atoms with Gasteiger partial charge in [0.1, 0.15) is 0 Å². The maximum atomic E-state index is 11.7. The van der Waals surface area contributed by atoms with Gasteiger partial charge in [0.2, 0.25) is 0 Å². The Hall–Kier alpha value is -1.36. The predicted octanol–water partition coefficient (Wildman–Crippen LogP) is 2.33. The van der Waals surface area contributed by atoms with Gasteiger partial charge in [-0.1, -0.05) is 0 Å². The van der Waals surface area contributed by atoms with Gasteiger partial charge in [0.05, 0.1) is 11.4 Å². The zero-order valence-corrected chi connectivity index (χ0v) is 12.1. The first kappa shape index (κ1) is 14.1. The summed E-state index contributed by atoms with van der Waals surface area (Å²) in [4.78, 5) is 11.7. The summed E-state index contributed by atoms with van der Waals surface area (Å²) in [5, 5.41) is 6.25. The second kappa shape index (κ2) is 6.70. The topological polar surface area (TPSA) is 67.2 Å². The van der Waals surface area contributed by atoms with Crippen LogP contribution in [0, 0.1) is 0 Å². The minimum Gasteiger partial charge on any atom is -0.397 e. The van der Waals surface area contributed by atoms with Crippen LogP contribution < -0.4 is 16.4 Å². The molecule has 19 heavy (non-hydrogen) atoms. The maximum Gasteiger partial charge on any atom is 0.251 e. The Balaban J connectivity index is 2.04. The second-order valence-corrected chi connectivity index (χ2v) is 5.92. The van der Waals surface area contributed by atoms with Crippen LogP contribution in [-0.2, 0) is 0 Å². The molecular weight excluding hydrogens is 258 g/mol. The van der Waals surface area contributed by atoms with E-state index < -0.39 is 0 Å². The summed E-state index contributed by atoms with van der Waals surface area (Å²) in [6.45, 7) is 2.52. The molecule has 0 aromatic heterocycles. The fourth-order valence-corrected chi connectivity index (χ4v) is 3.27. The quantitative estimate of drug-likeness (QED) is 0.740. The average molecular weight is 279 g/mol. The number of amides is 1. The number of anilines is 2. The lowest BCUT2D eigenvalue weighted by molar-refractivity contribution is 0.0956. The van der Waals surface area contributed by atoms with Crippen LogP contribution in [0.5, 0.6) is 0 Å². The summed E-state index contributed by atoms with van der Waals surface area (Å²) in [6, 6.07) is 5.97. The molecule has 0 bridgehead atoms. The van der Waals surface area contributed by atoms with Gasteiger partial charge in [-0.15, -0.1) is 0 Å². The first-order valence-corrected chi connectivity index (χ1v) is 7.88. The highest BCUT2D eigenvalue weighted by Gasteiger charge is 2.15. The van der Waals surface area contributed by atoms with Crippen molar-refractivity contribution in [3.8, 4) is 0 Å². The van der Waals surface area contributed by atoms with E-state index in [2.05, 4.69) is 10.6 Å². The van der Waals surface area contributed by atoms with E-state index in [1.807, 2.05) is 30.8 Å². The number of hydrogen-bond acceptors (Lipinski definition) is 4. The SMILES string of the molecule is CCNC(=O)c1ccc(NC2CCSCC2)c(N)c1. The van der Waals surface area contributed by atoms with Crippen LogP contribution in [0.4, 0.5) is 11.4 Å². The van der Waals surface area contributed by atoms with Crippen LogP contribution in [-0.4, -0.2) is 30.0 Å². The van der Waals surface area contributed by atoms with Gasteiger partial charge in [-0.05, 0) is 49.5 Å². The fraction of sp³-hybridized carbons (Fsp3) is 0.500. The van der Waals surface area contributed by atoms with E-state index in [1.54, 1.807) is 6.07 Å². The Bertz CT molecular complexity index is 444. The summed E-state index contributed by atoms with van der Waals surface area (Å²) >= 11 is 2.00. The van der Waals surface area contributed by atoms with Crippen LogP contribution in [0.2, 0.25) is 0 Å². The van der Waals surface area contributed by atoms with Gasteiger partial charge in [-0.3, -0.25) is 4.79 Å². The van der Waals surface area contributed by atoms with E-state index in [1.165, 1.54) is 24.3 Å². The van der Waals surface area contributed by atoms with E-state index in [0.29, 0.717) is 23.8 Å². The molecule has 1 aliphatic rings. The van der Waals surface area contributed by atoms with Crippen molar-refractivity contribution in [2.75, 3.05) is 29.1 Å². The number of hydrogen-bond donors (Lipinski definition) is 3.